The van der Waals surface area contributed by atoms with Crippen molar-refractivity contribution in [2.45, 2.75) is 19.4 Å². The Bertz CT molecular complexity index is 751. The number of amides is 1. The molecule has 1 aliphatic carbocycles. The Morgan fingerprint density at radius 1 is 1.25 bits per heavy atom. The molecule has 1 aliphatic rings. The Hall–Kier alpha value is -2.34. The summed E-state index contributed by atoms with van der Waals surface area (Å²) in [4.78, 5) is 27.2. The summed E-state index contributed by atoms with van der Waals surface area (Å²) in [6.07, 6.45) is 2.28. The summed E-state index contributed by atoms with van der Waals surface area (Å²) in [6, 6.07) is 10.2. The summed E-state index contributed by atoms with van der Waals surface area (Å²) >= 11 is 1.15. The van der Waals surface area contributed by atoms with Gasteiger partial charge in [-0.25, -0.2) is 4.79 Å². The highest BCUT2D eigenvalue weighted by Crippen LogP contribution is 2.31. The molecule has 1 amide bonds. The van der Waals surface area contributed by atoms with E-state index in [0.717, 1.165) is 29.7 Å². The zero-order valence-electron chi connectivity index (χ0n) is 13.4. The molecule has 0 radical (unpaired) electrons. The Kier molecular flexibility index (Phi) is 4.85. The Balaban J connectivity index is 1.78. The molecule has 1 fully saturated rings. The second-order valence-electron chi connectivity index (χ2n) is 5.95. The van der Waals surface area contributed by atoms with Gasteiger partial charge in [0, 0.05) is 13.1 Å². The van der Waals surface area contributed by atoms with Gasteiger partial charge in [0.1, 0.15) is 10.6 Å². The number of rotatable bonds is 6. The molecule has 0 bridgehead atoms. The lowest BCUT2D eigenvalue weighted by molar-refractivity contribution is 0.0606. The number of nitrogens with zero attached hydrogens (tertiary/aromatic N) is 1. The van der Waals surface area contributed by atoms with Crippen LogP contribution in [-0.2, 0) is 11.3 Å². The van der Waals surface area contributed by atoms with Crippen molar-refractivity contribution in [3.63, 3.8) is 0 Å². The zero-order valence-corrected chi connectivity index (χ0v) is 14.2. The van der Waals surface area contributed by atoms with Gasteiger partial charge in [0.2, 0.25) is 0 Å². The van der Waals surface area contributed by atoms with Gasteiger partial charge >= 0.3 is 5.97 Å². The summed E-state index contributed by atoms with van der Waals surface area (Å²) in [7, 11) is 1.32. The van der Waals surface area contributed by atoms with Gasteiger partial charge in [-0.05, 0) is 48.6 Å². The van der Waals surface area contributed by atoms with E-state index in [0.29, 0.717) is 28.8 Å². The van der Waals surface area contributed by atoms with Crippen LogP contribution in [0.15, 0.2) is 36.4 Å². The van der Waals surface area contributed by atoms with E-state index in [-0.39, 0.29) is 11.7 Å². The van der Waals surface area contributed by atoms with Crippen molar-refractivity contribution >= 4 is 23.2 Å². The van der Waals surface area contributed by atoms with E-state index in [1.165, 1.54) is 7.11 Å². The lowest BCUT2D eigenvalue weighted by atomic mass is 10.2. The molecule has 1 aromatic carbocycles. The molecular weight excluding hydrogens is 326 g/mol. The molecule has 126 valence electrons. The van der Waals surface area contributed by atoms with Gasteiger partial charge in [0.05, 0.1) is 12.0 Å². The van der Waals surface area contributed by atoms with Gasteiger partial charge in [-0.2, -0.15) is 0 Å². The second-order valence-corrected chi connectivity index (χ2v) is 7.04. The Labute approximate surface area is 144 Å². The maximum Gasteiger partial charge on any atom is 0.348 e. The molecule has 0 saturated heterocycles. The fourth-order valence-corrected chi connectivity index (χ4v) is 3.42. The molecule has 0 spiro atoms. The lowest BCUT2D eigenvalue weighted by Gasteiger charge is -2.22. The van der Waals surface area contributed by atoms with Crippen LogP contribution in [0.25, 0.3) is 0 Å². The number of phenolic OH excluding ortho intramolecular Hbond substituents is 1. The van der Waals surface area contributed by atoms with E-state index in [9.17, 15) is 14.7 Å². The average Bonchev–Trinajstić information content (AvgIpc) is 3.25. The van der Waals surface area contributed by atoms with E-state index in [1.54, 1.807) is 35.2 Å². The van der Waals surface area contributed by atoms with Crippen LogP contribution in [0.1, 0.15) is 37.7 Å². The number of hydrogen-bond donors (Lipinski definition) is 1. The minimum atomic E-state index is -0.430. The van der Waals surface area contributed by atoms with Gasteiger partial charge in [-0.1, -0.05) is 12.1 Å². The van der Waals surface area contributed by atoms with E-state index in [4.69, 9.17) is 4.74 Å². The molecule has 1 aromatic heterocycles. The van der Waals surface area contributed by atoms with Crippen LogP contribution in [0.5, 0.6) is 5.75 Å². The highest BCUT2D eigenvalue weighted by Gasteiger charge is 2.28. The Morgan fingerprint density at radius 2 is 2.00 bits per heavy atom. The van der Waals surface area contributed by atoms with Gasteiger partial charge in [-0.15, -0.1) is 11.3 Å². The fourth-order valence-electron chi connectivity index (χ4n) is 2.53. The highest BCUT2D eigenvalue weighted by atomic mass is 32.1. The number of carbonyl (C=O) groups is 2. The number of carbonyl (C=O) groups excluding carboxylic acids is 2. The molecule has 2 aromatic rings. The SMILES string of the molecule is COC(=O)c1ccc(C(=O)N(Cc2cccc(O)c2)CC2CC2)s1. The number of aromatic hydroxyl groups is 1. The number of esters is 1. The third-order valence-corrected chi connectivity index (χ3v) is 5.00. The van der Waals surface area contributed by atoms with E-state index >= 15 is 0 Å². The summed E-state index contributed by atoms with van der Waals surface area (Å²) in [6.45, 7) is 1.13. The fraction of sp³-hybridized carbons (Fsp3) is 0.333. The number of methoxy groups -OCH3 is 1. The summed E-state index contributed by atoms with van der Waals surface area (Å²) in [5.74, 6) is 0.216. The topological polar surface area (TPSA) is 66.8 Å². The molecule has 0 unspecified atom stereocenters. The molecular formula is C18H19NO4S. The second kappa shape index (κ2) is 7.05. The van der Waals surface area contributed by atoms with Gasteiger partial charge in [0.25, 0.3) is 5.91 Å². The van der Waals surface area contributed by atoms with Crippen LogP contribution in [-0.4, -0.2) is 35.5 Å². The number of benzene rings is 1. The maximum absolute atomic E-state index is 12.8. The number of thiophene rings is 1. The third kappa shape index (κ3) is 3.94. The molecule has 5 nitrogen and oxygen atoms in total. The number of phenols is 1. The predicted molar refractivity (Wildman–Crippen MR) is 91.2 cm³/mol. The van der Waals surface area contributed by atoms with Crippen molar-refractivity contribution in [3.8, 4) is 5.75 Å². The van der Waals surface area contributed by atoms with Crippen molar-refractivity contribution in [1.82, 2.24) is 4.90 Å². The van der Waals surface area contributed by atoms with Crippen LogP contribution >= 0.6 is 11.3 Å². The standard InChI is InChI=1S/C18H19NO4S/c1-23-18(22)16-8-7-15(24-16)17(21)19(10-12-5-6-12)11-13-3-2-4-14(20)9-13/h2-4,7-9,12,20H,5-6,10-11H2,1H3. The van der Waals surface area contributed by atoms with Gasteiger partial charge in [-0.3, -0.25) is 4.79 Å². The van der Waals surface area contributed by atoms with Crippen LogP contribution in [0, 0.1) is 5.92 Å². The minimum absolute atomic E-state index is 0.0922. The largest absolute Gasteiger partial charge is 0.508 e. The highest BCUT2D eigenvalue weighted by molar-refractivity contribution is 7.15. The number of hydrogen-bond acceptors (Lipinski definition) is 5. The first-order valence-electron chi connectivity index (χ1n) is 7.82. The van der Waals surface area contributed by atoms with Crippen LogP contribution in [0.4, 0.5) is 0 Å². The van der Waals surface area contributed by atoms with Crippen molar-refractivity contribution in [1.29, 1.82) is 0 Å². The molecule has 3 rings (SSSR count). The maximum atomic E-state index is 12.8. The van der Waals surface area contributed by atoms with Gasteiger partial charge < -0.3 is 14.7 Å². The van der Waals surface area contributed by atoms with Crippen molar-refractivity contribution in [2.24, 2.45) is 5.92 Å². The van der Waals surface area contributed by atoms with E-state index in [2.05, 4.69) is 0 Å². The zero-order chi connectivity index (χ0) is 17.1. The first kappa shape index (κ1) is 16.5. The van der Waals surface area contributed by atoms with Crippen molar-refractivity contribution < 1.29 is 19.4 Å². The van der Waals surface area contributed by atoms with Crippen molar-refractivity contribution in [3.05, 3.63) is 51.7 Å². The normalized spacial score (nSPS) is 13.5. The van der Waals surface area contributed by atoms with Crippen molar-refractivity contribution in [2.75, 3.05) is 13.7 Å². The van der Waals surface area contributed by atoms with Crippen LogP contribution in [0.2, 0.25) is 0 Å². The van der Waals surface area contributed by atoms with Crippen LogP contribution in [0.3, 0.4) is 0 Å². The predicted octanol–water partition coefficient (Wildman–Crippen LogP) is 3.29. The average molecular weight is 345 g/mol. The Morgan fingerprint density at radius 3 is 2.67 bits per heavy atom. The third-order valence-electron chi connectivity index (χ3n) is 3.95. The molecule has 1 heterocycles. The van der Waals surface area contributed by atoms with Crippen LogP contribution < -0.4 is 0 Å². The van der Waals surface area contributed by atoms with E-state index in [1.807, 2.05) is 6.07 Å². The minimum Gasteiger partial charge on any atom is -0.508 e. The quantitative estimate of drug-likeness (QED) is 0.816. The monoisotopic (exact) mass is 345 g/mol. The summed E-state index contributed by atoms with van der Waals surface area (Å²) in [5.41, 5.74) is 0.883. The number of ether oxygens (including phenoxy) is 1. The lowest BCUT2D eigenvalue weighted by Crippen LogP contribution is -2.31. The molecule has 6 heteroatoms. The smallest absolute Gasteiger partial charge is 0.348 e. The van der Waals surface area contributed by atoms with Gasteiger partial charge in [0.15, 0.2) is 0 Å². The first-order chi connectivity index (χ1) is 11.6. The summed E-state index contributed by atoms with van der Waals surface area (Å²) in [5, 5.41) is 9.61. The summed E-state index contributed by atoms with van der Waals surface area (Å²) < 4.78 is 4.69. The molecule has 0 atom stereocenters. The first-order valence-corrected chi connectivity index (χ1v) is 8.64. The van der Waals surface area contributed by atoms with E-state index < -0.39 is 5.97 Å². The molecule has 1 N–H and O–H groups in total. The molecule has 24 heavy (non-hydrogen) atoms. The molecule has 0 aliphatic heterocycles. The molecule has 1 saturated carbocycles.